The van der Waals surface area contributed by atoms with Gasteiger partial charge in [0, 0.05) is 38.6 Å². The lowest BCUT2D eigenvalue weighted by Crippen LogP contribution is -2.26. The highest BCUT2D eigenvalue weighted by molar-refractivity contribution is 6.11. The number of benzene rings is 10. The van der Waals surface area contributed by atoms with Gasteiger partial charge in [-0.05, 0) is 103 Å². The van der Waals surface area contributed by atoms with Crippen LogP contribution in [0.4, 0.5) is 17.1 Å². The molecule has 3 aliphatic carbocycles. The average Bonchev–Trinajstić information content (AvgIpc) is 4.07. The Morgan fingerprint density at radius 2 is 0.864 bits per heavy atom. The molecule has 0 saturated carbocycles. The summed E-state index contributed by atoms with van der Waals surface area (Å²) in [7, 11) is 0. The second kappa shape index (κ2) is 13.7. The first kappa shape index (κ1) is 37.2. The number of para-hydroxylation sites is 2. The van der Waals surface area contributed by atoms with E-state index in [1.54, 1.807) is 0 Å². The van der Waals surface area contributed by atoms with Gasteiger partial charge in [-0.2, -0.15) is 0 Å². The molecular formula is C64H43NO. The number of hydrogen-bond acceptors (Lipinski definition) is 2. The van der Waals surface area contributed by atoms with E-state index >= 15 is 0 Å². The second-order valence-corrected chi connectivity index (χ2v) is 18.7. The summed E-state index contributed by atoms with van der Waals surface area (Å²) in [6.45, 7) is 4.80. The fourth-order valence-electron chi connectivity index (χ4n) is 12.4. The third-order valence-electron chi connectivity index (χ3n) is 15.1. The molecular weight excluding hydrogens is 799 g/mol. The molecule has 2 nitrogen and oxygen atoms in total. The second-order valence-electron chi connectivity index (χ2n) is 18.7. The van der Waals surface area contributed by atoms with Crippen molar-refractivity contribution in [2.45, 2.75) is 24.7 Å². The standard InChI is InChI=1S/C64H43NO/c1-63(2)51-27-11-8-23-49(51)60-57(39-38-46(61(60)63)48-26-16-25-47-45-22-10-15-33-58(45)66-62(47)48)65(42-36-34-41(35-37-42)40-18-4-3-5-19-40)56-32-17-31-55-59(56)50-24-9-14-30-54(50)64(55)52-28-12-6-20-43(52)44-21-7-13-29-53(44)64/h3-39H,1-2H3. The highest BCUT2D eigenvalue weighted by atomic mass is 16.3. The molecule has 3 aliphatic rings. The molecule has 11 aromatic rings. The molecule has 1 spiro atoms. The van der Waals surface area contributed by atoms with Gasteiger partial charge in [-0.25, -0.2) is 0 Å². The van der Waals surface area contributed by atoms with Gasteiger partial charge >= 0.3 is 0 Å². The van der Waals surface area contributed by atoms with E-state index in [0.717, 1.165) is 44.6 Å². The Labute approximate surface area is 384 Å². The quantitative estimate of drug-likeness (QED) is 0.172. The van der Waals surface area contributed by atoms with Gasteiger partial charge in [0.2, 0.25) is 0 Å². The summed E-state index contributed by atoms with van der Waals surface area (Å²) >= 11 is 0. The minimum atomic E-state index is -0.469. The van der Waals surface area contributed by atoms with E-state index in [0.29, 0.717) is 0 Å². The maximum absolute atomic E-state index is 6.78. The van der Waals surface area contributed by atoms with Crippen molar-refractivity contribution in [3.8, 4) is 55.6 Å². The lowest BCUT2D eigenvalue weighted by Gasteiger charge is -2.33. The number of hydrogen-bond donors (Lipinski definition) is 0. The maximum Gasteiger partial charge on any atom is 0.143 e. The van der Waals surface area contributed by atoms with Crippen molar-refractivity contribution in [1.29, 1.82) is 0 Å². The zero-order chi connectivity index (χ0) is 43.7. The van der Waals surface area contributed by atoms with Crippen LogP contribution in [0, 0.1) is 0 Å². The summed E-state index contributed by atoms with van der Waals surface area (Å²) in [5.41, 5.74) is 24.8. The topological polar surface area (TPSA) is 16.4 Å². The van der Waals surface area contributed by atoms with E-state index in [1.807, 2.05) is 0 Å². The van der Waals surface area contributed by atoms with Crippen LogP contribution >= 0.6 is 0 Å². The molecule has 14 rings (SSSR count). The number of furan rings is 1. The molecule has 10 aromatic carbocycles. The van der Waals surface area contributed by atoms with E-state index in [9.17, 15) is 0 Å². The van der Waals surface area contributed by atoms with Crippen LogP contribution in [-0.2, 0) is 10.8 Å². The Bertz CT molecular complexity index is 3750. The normalized spacial score (nSPS) is 14.2. The predicted octanol–water partition coefficient (Wildman–Crippen LogP) is 17.0. The van der Waals surface area contributed by atoms with Crippen LogP contribution in [0.15, 0.2) is 229 Å². The van der Waals surface area contributed by atoms with E-state index in [2.05, 4.69) is 243 Å². The van der Waals surface area contributed by atoms with Crippen LogP contribution in [0.1, 0.15) is 47.2 Å². The van der Waals surface area contributed by atoms with Gasteiger partial charge in [-0.3, -0.25) is 0 Å². The van der Waals surface area contributed by atoms with Crippen LogP contribution in [0.25, 0.3) is 77.6 Å². The predicted molar refractivity (Wildman–Crippen MR) is 273 cm³/mol. The monoisotopic (exact) mass is 841 g/mol. The van der Waals surface area contributed by atoms with Gasteiger partial charge in [0.05, 0.1) is 16.8 Å². The summed E-state index contributed by atoms with van der Waals surface area (Å²) in [4.78, 5) is 2.57. The van der Waals surface area contributed by atoms with E-state index in [1.165, 1.54) is 83.5 Å². The smallest absolute Gasteiger partial charge is 0.143 e. The highest BCUT2D eigenvalue weighted by Gasteiger charge is 2.52. The average molecular weight is 842 g/mol. The SMILES string of the molecule is CC1(C)c2ccccc2-c2c(N(c3ccc(-c4ccccc4)cc3)c3cccc4c3-c3ccccc3C43c4ccccc4-c4ccccc43)ccc(-c3cccc4c3oc3ccccc34)c21. The summed E-state index contributed by atoms with van der Waals surface area (Å²) in [6.07, 6.45) is 0. The fraction of sp³-hybridized carbons (Fsp3) is 0.0625. The Hall–Kier alpha value is -8.20. The van der Waals surface area contributed by atoms with Crippen molar-refractivity contribution in [3.05, 3.63) is 258 Å². The minimum absolute atomic E-state index is 0.319. The van der Waals surface area contributed by atoms with E-state index in [4.69, 9.17) is 4.42 Å². The Morgan fingerprint density at radius 1 is 0.348 bits per heavy atom. The summed E-state index contributed by atoms with van der Waals surface area (Å²) < 4.78 is 6.78. The zero-order valence-corrected chi connectivity index (χ0v) is 36.7. The lowest BCUT2D eigenvalue weighted by atomic mass is 9.70. The number of fused-ring (bicyclic) bond motifs is 16. The first-order valence-electron chi connectivity index (χ1n) is 23.1. The van der Waals surface area contributed by atoms with Gasteiger partial charge in [-0.15, -0.1) is 0 Å². The van der Waals surface area contributed by atoms with Crippen molar-refractivity contribution >= 4 is 39.0 Å². The molecule has 310 valence electrons. The van der Waals surface area contributed by atoms with Gasteiger partial charge in [0.15, 0.2) is 0 Å². The fourth-order valence-corrected chi connectivity index (χ4v) is 12.4. The first-order chi connectivity index (χ1) is 32.5. The van der Waals surface area contributed by atoms with Crippen LogP contribution < -0.4 is 4.90 Å². The van der Waals surface area contributed by atoms with Gasteiger partial charge in [-0.1, -0.05) is 208 Å². The Morgan fingerprint density at radius 3 is 1.59 bits per heavy atom. The minimum Gasteiger partial charge on any atom is -0.455 e. The summed E-state index contributed by atoms with van der Waals surface area (Å²) in [5, 5.41) is 2.27. The van der Waals surface area contributed by atoms with E-state index < -0.39 is 5.41 Å². The third kappa shape index (κ3) is 4.85. The molecule has 0 fully saturated rings. The number of nitrogens with zero attached hydrogens (tertiary/aromatic N) is 1. The molecule has 0 unspecified atom stereocenters. The largest absolute Gasteiger partial charge is 0.455 e. The molecule has 0 aliphatic heterocycles. The molecule has 2 heteroatoms. The lowest BCUT2D eigenvalue weighted by molar-refractivity contribution is 0.659. The van der Waals surface area contributed by atoms with Crippen molar-refractivity contribution < 1.29 is 4.42 Å². The van der Waals surface area contributed by atoms with Gasteiger partial charge < -0.3 is 9.32 Å². The Balaban J connectivity index is 1.08. The van der Waals surface area contributed by atoms with Gasteiger partial charge in [0.25, 0.3) is 0 Å². The number of rotatable bonds is 5. The summed E-state index contributed by atoms with van der Waals surface area (Å²) in [6, 6.07) is 83.1. The van der Waals surface area contributed by atoms with Crippen molar-refractivity contribution in [2.75, 3.05) is 4.90 Å². The molecule has 1 heterocycles. The molecule has 1 aromatic heterocycles. The van der Waals surface area contributed by atoms with Crippen LogP contribution in [0.2, 0.25) is 0 Å². The molecule has 0 atom stereocenters. The highest BCUT2D eigenvalue weighted by Crippen LogP contribution is 2.65. The maximum atomic E-state index is 6.78. The van der Waals surface area contributed by atoms with Crippen molar-refractivity contribution in [1.82, 2.24) is 0 Å². The molecule has 0 amide bonds. The van der Waals surface area contributed by atoms with Crippen LogP contribution in [0.5, 0.6) is 0 Å². The summed E-state index contributed by atoms with van der Waals surface area (Å²) in [5.74, 6) is 0. The molecule has 0 radical (unpaired) electrons. The van der Waals surface area contributed by atoms with Crippen LogP contribution in [0.3, 0.4) is 0 Å². The molecule has 0 N–H and O–H groups in total. The Kier molecular flexibility index (Phi) is 7.70. The third-order valence-corrected chi connectivity index (χ3v) is 15.1. The first-order valence-corrected chi connectivity index (χ1v) is 23.1. The zero-order valence-electron chi connectivity index (χ0n) is 36.7. The number of anilines is 3. The molecule has 0 bridgehead atoms. The molecule has 0 saturated heterocycles. The van der Waals surface area contributed by atoms with Gasteiger partial charge in [0.1, 0.15) is 11.2 Å². The van der Waals surface area contributed by atoms with Crippen LogP contribution in [-0.4, -0.2) is 0 Å². The van der Waals surface area contributed by atoms with E-state index in [-0.39, 0.29) is 5.41 Å². The van der Waals surface area contributed by atoms with Crippen molar-refractivity contribution in [2.24, 2.45) is 0 Å². The molecule has 66 heavy (non-hydrogen) atoms. The van der Waals surface area contributed by atoms with Crippen molar-refractivity contribution in [3.63, 3.8) is 0 Å².